The third-order valence-corrected chi connectivity index (χ3v) is 2.72. The van der Waals surface area contributed by atoms with Gasteiger partial charge in [-0.05, 0) is 12.1 Å². The van der Waals surface area contributed by atoms with Crippen molar-refractivity contribution in [3.63, 3.8) is 0 Å². The molecule has 0 bridgehead atoms. The maximum Gasteiger partial charge on any atom is 0.240 e. The van der Waals surface area contributed by atoms with E-state index in [0.29, 0.717) is 0 Å². The summed E-state index contributed by atoms with van der Waals surface area (Å²) in [6, 6.07) is 5.19. The molecule has 0 aliphatic carbocycles. The van der Waals surface area contributed by atoms with Gasteiger partial charge in [0.05, 0.1) is 17.9 Å². The van der Waals surface area contributed by atoms with Crippen molar-refractivity contribution in [2.75, 3.05) is 0 Å². The van der Waals surface area contributed by atoms with Crippen LogP contribution in [0.25, 0.3) is 5.65 Å². The Balaban J connectivity index is 2.09. The Morgan fingerprint density at radius 2 is 2.33 bits per heavy atom. The molecule has 1 amide bonds. The highest BCUT2D eigenvalue weighted by atomic mass is 16.2. The molecule has 0 spiro atoms. The number of nitrogens with two attached hydrogens (primary N) is 1. The van der Waals surface area contributed by atoms with Crippen molar-refractivity contribution in [1.82, 2.24) is 14.7 Å². The van der Waals surface area contributed by atoms with Gasteiger partial charge in [-0.3, -0.25) is 4.79 Å². The molecule has 2 atom stereocenters. The lowest BCUT2D eigenvalue weighted by atomic mass is 9.97. The van der Waals surface area contributed by atoms with E-state index >= 15 is 0 Å². The highest BCUT2D eigenvalue weighted by Crippen LogP contribution is 2.23. The molecule has 1 aliphatic heterocycles. The van der Waals surface area contributed by atoms with Gasteiger partial charge in [0.15, 0.2) is 0 Å². The SMILES string of the molecule is NC1C(=O)NC1c1cnc2ccccn12. The van der Waals surface area contributed by atoms with Gasteiger partial charge in [-0.25, -0.2) is 4.98 Å². The van der Waals surface area contributed by atoms with Gasteiger partial charge >= 0.3 is 0 Å². The van der Waals surface area contributed by atoms with E-state index in [1.807, 2.05) is 28.8 Å². The molecule has 5 nitrogen and oxygen atoms in total. The van der Waals surface area contributed by atoms with E-state index < -0.39 is 6.04 Å². The highest BCUT2D eigenvalue weighted by Gasteiger charge is 2.38. The van der Waals surface area contributed by atoms with Gasteiger partial charge in [0.25, 0.3) is 0 Å². The summed E-state index contributed by atoms with van der Waals surface area (Å²) in [5.41, 5.74) is 7.49. The number of carbonyl (C=O) groups is 1. The Hall–Kier alpha value is -1.88. The number of amides is 1. The summed E-state index contributed by atoms with van der Waals surface area (Å²) in [6.45, 7) is 0. The smallest absolute Gasteiger partial charge is 0.240 e. The average Bonchev–Trinajstić information content (AvgIpc) is 2.69. The third kappa shape index (κ3) is 1.07. The van der Waals surface area contributed by atoms with Gasteiger partial charge in [0.1, 0.15) is 11.7 Å². The van der Waals surface area contributed by atoms with Crippen LogP contribution in [-0.4, -0.2) is 21.3 Å². The number of β-lactam (4-membered cyclic amide) rings is 1. The summed E-state index contributed by atoms with van der Waals surface area (Å²) in [6.07, 6.45) is 3.66. The number of carbonyl (C=O) groups excluding carboxylic acids is 1. The molecule has 2 aromatic heterocycles. The van der Waals surface area contributed by atoms with Crippen LogP contribution in [0.1, 0.15) is 11.7 Å². The highest BCUT2D eigenvalue weighted by molar-refractivity contribution is 5.89. The standard InChI is InChI=1S/C10H10N4O/c11-8-9(13-10(8)15)6-5-12-7-3-1-2-4-14(6)7/h1-5,8-9H,11H2,(H,13,15). The van der Waals surface area contributed by atoms with Crippen molar-refractivity contribution in [2.24, 2.45) is 5.73 Å². The number of hydrogen-bond acceptors (Lipinski definition) is 3. The predicted molar refractivity (Wildman–Crippen MR) is 54.1 cm³/mol. The van der Waals surface area contributed by atoms with E-state index in [4.69, 9.17) is 5.73 Å². The Bertz CT molecular complexity index is 533. The van der Waals surface area contributed by atoms with Crippen LogP contribution in [0.15, 0.2) is 30.6 Å². The number of rotatable bonds is 1. The van der Waals surface area contributed by atoms with Gasteiger partial charge in [-0.15, -0.1) is 0 Å². The Morgan fingerprint density at radius 1 is 1.47 bits per heavy atom. The maximum absolute atomic E-state index is 11.0. The lowest BCUT2D eigenvalue weighted by Crippen LogP contribution is -2.60. The number of aromatic nitrogens is 2. The first kappa shape index (κ1) is 8.43. The zero-order valence-electron chi connectivity index (χ0n) is 7.92. The largest absolute Gasteiger partial charge is 0.344 e. The summed E-state index contributed by atoms with van der Waals surface area (Å²) in [7, 11) is 0. The minimum Gasteiger partial charge on any atom is -0.344 e. The fraction of sp³-hybridized carbons (Fsp3) is 0.200. The van der Waals surface area contributed by atoms with Crippen LogP contribution in [0.5, 0.6) is 0 Å². The van der Waals surface area contributed by atoms with E-state index in [2.05, 4.69) is 10.3 Å². The van der Waals surface area contributed by atoms with E-state index in [-0.39, 0.29) is 11.9 Å². The van der Waals surface area contributed by atoms with Crippen LogP contribution in [0.4, 0.5) is 0 Å². The van der Waals surface area contributed by atoms with Gasteiger partial charge in [0, 0.05) is 6.20 Å². The van der Waals surface area contributed by atoms with Crippen LogP contribution < -0.4 is 11.1 Å². The fourth-order valence-electron chi connectivity index (χ4n) is 1.83. The number of nitrogens with zero attached hydrogens (tertiary/aromatic N) is 2. The summed E-state index contributed by atoms with van der Waals surface area (Å²) < 4.78 is 1.93. The second-order valence-corrected chi connectivity index (χ2v) is 3.62. The fourth-order valence-corrected chi connectivity index (χ4v) is 1.83. The van der Waals surface area contributed by atoms with Crippen molar-refractivity contribution in [2.45, 2.75) is 12.1 Å². The molecular formula is C10H10N4O. The monoisotopic (exact) mass is 202 g/mol. The number of fused-ring (bicyclic) bond motifs is 1. The van der Waals surface area contributed by atoms with Crippen molar-refractivity contribution >= 4 is 11.6 Å². The first-order valence-electron chi connectivity index (χ1n) is 4.75. The minimum absolute atomic E-state index is 0.106. The summed E-state index contributed by atoms with van der Waals surface area (Å²) in [5, 5.41) is 2.76. The van der Waals surface area contributed by atoms with Crippen LogP contribution in [0.2, 0.25) is 0 Å². The first-order valence-corrected chi connectivity index (χ1v) is 4.75. The Morgan fingerprint density at radius 3 is 3.07 bits per heavy atom. The van der Waals surface area contributed by atoms with E-state index in [9.17, 15) is 4.79 Å². The van der Waals surface area contributed by atoms with E-state index in [1.54, 1.807) is 6.20 Å². The first-order chi connectivity index (χ1) is 7.27. The molecule has 2 aromatic rings. The normalized spacial score (nSPS) is 25.0. The minimum atomic E-state index is -0.454. The lowest BCUT2D eigenvalue weighted by molar-refractivity contribution is -0.130. The zero-order chi connectivity index (χ0) is 10.4. The summed E-state index contributed by atoms with van der Waals surface area (Å²) >= 11 is 0. The number of imidazole rings is 1. The molecule has 3 heterocycles. The molecule has 0 radical (unpaired) electrons. The molecule has 0 aromatic carbocycles. The van der Waals surface area contributed by atoms with Crippen LogP contribution in [0.3, 0.4) is 0 Å². The molecule has 15 heavy (non-hydrogen) atoms. The molecule has 3 N–H and O–H groups in total. The van der Waals surface area contributed by atoms with Crippen molar-refractivity contribution in [3.8, 4) is 0 Å². The van der Waals surface area contributed by atoms with Crippen molar-refractivity contribution in [3.05, 3.63) is 36.3 Å². The van der Waals surface area contributed by atoms with Gasteiger partial charge in [-0.1, -0.05) is 6.07 Å². The molecule has 2 unspecified atom stereocenters. The lowest BCUT2D eigenvalue weighted by Gasteiger charge is -2.33. The zero-order valence-corrected chi connectivity index (χ0v) is 7.92. The molecule has 1 saturated heterocycles. The van der Waals surface area contributed by atoms with Crippen LogP contribution in [0, 0.1) is 0 Å². The van der Waals surface area contributed by atoms with Crippen LogP contribution in [-0.2, 0) is 4.79 Å². The molecule has 76 valence electrons. The molecular weight excluding hydrogens is 192 g/mol. The molecule has 1 fully saturated rings. The van der Waals surface area contributed by atoms with Crippen molar-refractivity contribution < 1.29 is 4.79 Å². The molecule has 0 saturated carbocycles. The molecule has 1 aliphatic rings. The Labute approximate surface area is 85.9 Å². The van der Waals surface area contributed by atoms with Gasteiger partial charge in [-0.2, -0.15) is 0 Å². The third-order valence-electron chi connectivity index (χ3n) is 2.72. The predicted octanol–water partition coefficient (Wildman–Crippen LogP) is -0.168. The van der Waals surface area contributed by atoms with Gasteiger partial charge < -0.3 is 15.5 Å². The summed E-state index contributed by atoms with van der Waals surface area (Å²) in [4.78, 5) is 15.2. The molecule has 5 heteroatoms. The second-order valence-electron chi connectivity index (χ2n) is 3.62. The average molecular weight is 202 g/mol. The maximum atomic E-state index is 11.0. The van der Waals surface area contributed by atoms with Gasteiger partial charge in [0.2, 0.25) is 5.91 Å². The Kier molecular flexibility index (Phi) is 1.58. The quantitative estimate of drug-likeness (QED) is 0.631. The van der Waals surface area contributed by atoms with Crippen molar-refractivity contribution in [1.29, 1.82) is 0 Å². The van der Waals surface area contributed by atoms with E-state index in [0.717, 1.165) is 11.3 Å². The number of pyridine rings is 1. The van der Waals surface area contributed by atoms with Crippen LogP contribution >= 0.6 is 0 Å². The second kappa shape index (κ2) is 2.80. The van der Waals surface area contributed by atoms with E-state index in [1.165, 1.54) is 0 Å². The number of nitrogens with one attached hydrogen (secondary N) is 1. The molecule has 3 rings (SSSR count). The topological polar surface area (TPSA) is 72.4 Å². The number of hydrogen-bond donors (Lipinski definition) is 2. The summed E-state index contributed by atoms with van der Waals surface area (Å²) in [5.74, 6) is -0.106.